The molecule has 0 saturated heterocycles. The van der Waals surface area contributed by atoms with Crippen molar-refractivity contribution in [2.75, 3.05) is 10.2 Å². The molecule has 2 atom stereocenters. The maximum absolute atomic E-state index is 3.99. The summed E-state index contributed by atoms with van der Waals surface area (Å²) in [5, 5.41) is 8.65. The second kappa shape index (κ2) is 29.0. The number of nitrogens with one attached hydrogen (secondary N) is 1. The molecule has 5 heteroatoms. The van der Waals surface area contributed by atoms with Gasteiger partial charge < -0.3 is 19.4 Å². The molecule has 2 aliphatic heterocycles. The summed E-state index contributed by atoms with van der Waals surface area (Å²) in [4.78, 5) is 2.50. The largest absolute Gasteiger partial charge is 0.356 e. The minimum atomic E-state index is -0.585. The number of hydrogen-bond acceptors (Lipinski definition) is 2. The van der Waals surface area contributed by atoms with E-state index < -0.39 is 10.8 Å². The maximum Gasteiger partial charge on any atom is 0.0749 e. The first-order valence-electron chi connectivity index (χ1n) is 42.1. The molecule has 18 aromatic carbocycles. The number of nitrogens with zero attached hydrogens (tertiary/aromatic N) is 3. The van der Waals surface area contributed by atoms with Gasteiger partial charge >= 0.3 is 0 Å². The van der Waals surface area contributed by atoms with Gasteiger partial charge in [0.2, 0.25) is 0 Å². The van der Waals surface area contributed by atoms with Gasteiger partial charge in [0.15, 0.2) is 0 Å². The molecule has 4 aliphatic rings. The minimum absolute atomic E-state index is 0.135. The van der Waals surface area contributed by atoms with Crippen LogP contribution in [0.5, 0.6) is 0 Å². The van der Waals surface area contributed by atoms with Crippen LogP contribution in [0, 0.1) is 0 Å². The Hall–Kier alpha value is -14.4. The standard InChI is InChI=1S/C58H42N2.C34H24BrN.C24H19N/c1-57(2)47-23-10-11-24-48(47)58(49-25-12-14-29-53(49)60-52-28-13-9-21-45(52)46-22-15-27-51(58)56(46)60)50-26-16-30-54(55(50)57)59(43-35-31-41(32-36-43)39-17-5-3-6-18-39)44-37-33-42(34-38-44)40-19-7-4-8-20-40;1-33(2)23-13-4-5-14-24(23)34(26-16-10-18-28(35)31(26)33)25-15-6-8-20-30(25)36-29-19-7-3-11-21(29)22-12-9-17-27(34)32(22)36;1-3-7-19(8-4-1)21-11-15-23(16-12-21)25-24-17-13-22(14-18-24)20-9-5-2-6-10-20/h3-38H,1-2H3;3-20H,1-2H3;1-18,25H. The smallest absolute Gasteiger partial charge is 0.0749 e. The molecule has 2 aliphatic carbocycles. The van der Waals surface area contributed by atoms with Crippen molar-refractivity contribution in [2.24, 2.45) is 0 Å². The normalized spacial score (nSPS) is 15.5. The first-order valence-corrected chi connectivity index (χ1v) is 42.9. The zero-order valence-corrected chi connectivity index (χ0v) is 69.4. The third-order valence-corrected chi connectivity index (χ3v) is 27.1. The fourth-order valence-corrected chi connectivity index (χ4v) is 22.1. The molecule has 24 rings (SSSR count). The van der Waals surface area contributed by atoms with Crippen LogP contribution >= 0.6 is 15.9 Å². The van der Waals surface area contributed by atoms with Gasteiger partial charge in [-0.3, -0.25) is 0 Å². The van der Waals surface area contributed by atoms with Crippen LogP contribution in [0.2, 0.25) is 0 Å². The van der Waals surface area contributed by atoms with Crippen molar-refractivity contribution >= 4 is 88.0 Å². The minimum Gasteiger partial charge on any atom is -0.356 e. The van der Waals surface area contributed by atoms with Gasteiger partial charge in [-0.15, -0.1) is 0 Å². The number of halogens is 1. The summed E-state index contributed by atoms with van der Waals surface area (Å²) < 4.78 is 6.21. The van der Waals surface area contributed by atoms with E-state index in [-0.39, 0.29) is 10.8 Å². The quantitative estimate of drug-likeness (QED) is 0.156. The van der Waals surface area contributed by atoms with Gasteiger partial charge in [0.05, 0.1) is 50.0 Å². The van der Waals surface area contributed by atoms with Crippen LogP contribution in [0.3, 0.4) is 0 Å². The number of hydrogen-bond donors (Lipinski definition) is 1. The van der Waals surface area contributed by atoms with Gasteiger partial charge in [0.25, 0.3) is 0 Å². The lowest BCUT2D eigenvalue weighted by Gasteiger charge is -2.51. The number of fused-ring (bicyclic) bond motifs is 22. The summed E-state index contributed by atoms with van der Waals surface area (Å²) in [6.07, 6.45) is 0. The van der Waals surface area contributed by atoms with Crippen LogP contribution < -0.4 is 10.2 Å². The third kappa shape index (κ3) is 11.4. The number of aromatic nitrogens is 2. The van der Waals surface area contributed by atoms with Crippen molar-refractivity contribution in [3.8, 4) is 55.9 Å². The molecule has 20 aromatic rings. The molecule has 4 nitrogen and oxygen atoms in total. The number of para-hydroxylation sites is 6. The molecule has 2 spiro atoms. The van der Waals surface area contributed by atoms with Crippen molar-refractivity contribution in [3.63, 3.8) is 0 Å². The van der Waals surface area contributed by atoms with E-state index >= 15 is 0 Å². The van der Waals surface area contributed by atoms with E-state index in [4.69, 9.17) is 0 Å². The van der Waals surface area contributed by atoms with Gasteiger partial charge in [-0.2, -0.15) is 0 Å². The average Bonchev–Trinajstić information content (AvgIpc) is 1.66. The van der Waals surface area contributed by atoms with E-state index in [0.29, 0.717) is 0 Å². The number of rotatable bonds is 9. The summed E-state index contributed by atoms with van der Waals surface area (Å²) in [5.41, 5.74) is 37.7. The Morgan fingerprint density at radius 1 is 0.231 bits per heavy atom. The summed E-state index contributed by atoms with van der Waals surface area (Å²) in [7, 11) is 0. The van der Waals surface area contributed by atoms with Crippen LogP contribution in [-0.2, 0) is 21.7 Å². The monoisotopic (exact) mass is 1610 g/mol. The average molecular weight is 1610 g/mol. The Kier molecular flexibility index (Phi) is 17.5. The van der Waals surface area contributed by atoms with E-state index in [1.807, 2.05) is 12.1 Å². The lowest BCUT2D eigenvalue weighted by molar-refractivity contribution is 0.553. The summed E-state index contributed by atoms with van der Waals surface area (Å²) in [6, 6.07) is 160. The Bertz CT molecular complexity index is 7230. The Morgan fingerprint density at radius 2 is 0.521 bits per heavy atom. The van der Waals surface area contributed by atoms with Crippen LogP contribution in [0.1, 0.15) is 94.5 Å². The lowest BCUT2D eigenvalue weighted by Crippen LogP contribution is -2.44. The molecule has 1 N–H and O–H groups in total. The van der Waals surface area contributed by atoms with Crippen LogP contribution in [0.15, 0.2) is 441 Å². The van der Waals surface area contributed by atoms with Crippen LogP contribution in [0.4, 0.5) is 28.4 Å². The summed E-state index contributed by atoms with van der Waals surface area (Å²) in [5.74, 6) is 0. The third-order valence-electron chi connectivity index (χ3n) is 26.4. The molecule has 0 bridgehead atoms. The summed E-state index contributed by atoms with van der Waals surface area (Å²) in [6.45, 7) is 9.61. The fourth-order valence-electron chi connectivity index (χ4n) is 21.2. The predicted octanol–water partition coefficient (Wildman–Crippen LogP) is 30.6. The molecule has 0 amide bonds. The van der Waals surface area contributed by atoms with Crippen molar-refractivity contribution in [1.82, 2.24) is 9.13 Å². The second-order valence-corrected chi connectivity index (χ2v) is 34.4. The van der Waals surface area contributed by atoms with E-state index in [9.17, 15) is 0 Å². The van der Waals surface area contributed by atoms with Gasteiger partial charge in [-0.1, -0.05) is 395 Å². The highest BCUT2D eigenvalue weighted by Crippen LogP contribution is 2.65. The highest BCUT2D eigenvalue weighted by Gasteiger charge is 2.56. The van der Waals surface area contributed by atoms with Crippen LogP contribution in [0.25, 0.3) is 99.5 Å². The molecule has 576 valence electrons. The van der Waals surface area contributed by atoms with Crippen molar-refractivity contribution in [1.29, 1.82) is 0 Å². The first-order chi connectivity index (χ1) is 59.5. The first kappa shape index (κ1) is 73.0. The fraction of sp³-hybridized carbons (Fsp3) is 0.0690. The molecular weight excluding hydrogens is 1530 g/mol. The van der Waals surface area contributed by atoms with E-state index in [1.165, 1.54) is 176 Å². The molecular formula is C116H85BrN4. The Morgan fingerprint density at radius 3 is 0.934 bits per heavy atom. The van der Waals surface area contributed by atoms with Gasteiger partial charge in [-0.25, -0.2) is 0 Å². The topological polar surface area (TPSA) is 25.1 Å². The zero-order valence-electron chi connectivity index (χ0n) is 67.8. The molecule has 0 saturated carbocycles. The Balaban J connectivity index is 0.000000121. The van der Waals surface area contributed by atoms with Crippen molar-refractivity contribution in [2.45, 2.75) is 49.4 Å². The van der Waals surface area contributed by atoms with Crippen molar-refractivity contribution in [3.05, 3.63) is 508 Å². The molecule has 0 fully saturated rings. The van der Waals surface area contributed by atoms with E-state index in [2.05, 4.69) is 488 Å². The SMILES string of the molecule is CC1(C)c2ccccc2C2(c3ccccc3-n3c4ccccc4c4cccc2c43)c2cccc(Br)c21.CC1(C)c2ccccc2C2(c3ccccc3-n3c4ccccc4c4cccc2c43)c2cccc(N(c3ccc(-c4ccccc4)cc3)c3ccc(-c4ccccc4)cc3)c21.c1ccc(-c2ccc(Nc3ccc(-c4ccccc4)cc3)cc2)cc1. The van der Waals surface area contributed by atoms with E-state index in [0.717, 1.165) is 22.7 Å². The zero-order chi connectivity index (χ0) is 81.1. The van der Waals surface area contributed by atoms with Gasteiger partial charge in [0.1, 0.15) is 0 Å². The highest BCUT2D eigenvalue weighted by atomic mass is 79.9. The highest BCUT2D eigenvalue weighted by molar-refractivity contribution is 9.10. The molecule has 121 heavy (non-hydrogen) atoms. The Labute approximate surface area is 715 Å². The maximum atomic E-state index is 3.99. The predicted molar refractivity (Wildman–Crippen MR) is 510 cm³/mol. The number of benzene rings is 18. The van der Waals surface area contributed by atoms with Crippen LogP contribution in [-0.4, -0.2) is 9.13 Å². The molecule has 4 heterocycles. The van der Waals surface area contributed by atoms with E-state index in [1.54, 1.807) is 0 Å². The lowest BCUT2D eigenvalue weighted by atomic mass is 9.53. The molecule has 0 radical (unpaired) electrons. The van der Waals surface area contributed by atoms with Gasteiger partial charge in [-0.05, 0) is 196 Å². The molecule has 2 aromatic heterocycles. The van der Waals surface area contributed by atoms with Crippen molar-refractivity contribution < 1.29 is 0 Å². The summed E-state index contributed by atoms with van der Waals surface area (Å²) >= 11 is 3.99. The molecule has 2 unspecified atom stereocenters. The number of anilines is 5. The second-order valence-electron chi connectivity index (χ2n) is 33.5. The van der Waals surface area contributed by atoms with Gasteiger partial charge in [0, 0.05) is 59.6 Å².